The molecule has 0 saturated heterocycles. The van der Waals surface area contributed by atoms with E-state index in [1.807, 2.05) is 25.1 Å². The molecule has 0 aromatic heterocycles. The Morgan fingerprint density at radius 3 is 2.60 bits per heavy atom. The summed E-state index contributed by atoms with van der Waals surface area (Å²) in [5, 5.41) is 0. The Bertz CT molecular complexity index is 754. The fraction of sp³-hybridized carbons (Fsp3) is 0.455. The Balaban J connectivity index is 2.15. The average Bonchev–Trinajstić information content (AvgIpc) is 2.95. The minimum absolute atomic E-state index is 0.209. The molecule has 134 valence electrons. The topological polar surface area (TPSA) is 9.23 Å². The van der Waals surface area contributed by atoms with E-state index in [1.54, 1.807) is 6.07 Å². The van der Waals surface area contributed by atoms with Gasteiger partial charge in [-0.1, -0.05) is 38.5 Å². The first kappa shape index (κ1) is 18.3. The molecule has 1 aliphatic rings. The smallest absolute Gasteiger partial charge is 0.131 e. The van der Waals surface area contributed by atoms with Gasteiger partial charge in [-0.2, -0.15) is 0 Å². The van der Waals surface area contributed by atoms with Crippen molar-refractivity contribution in [2.24, 2.45) is 5.41 Å². The summed E-state index contributed by atoms with van der Waals surface area (Å²) in [4.78, 5) is 0. The molecule has 0 amide bonds. The van der Waals surface area contributed by atoms with Crippen molar-refractivity contribution in [1.29, 1.82) is 0 Å². The maximum Gasteiger partial charge on any atom is 0.131 e. The summed E-state index contributed by atoms with van der Waals surface area (Å²) in [5.74, 6) is 1.39. The average molecular weight is 361 g/mol. The van der Waals surface area contributed by atoms with Crippen molar-refractivity contribution >= 4 is 11.6 Å². The van der Waals surface area contributed by atoms with E-state index in [2.05, 4.69) is 19.9 Å². The van der Waals surface area contributed by atoms with Crippen LogP contribution in [0.1, 0.15) is 57.1 Å². The first-order chi connectivity index (χ1) is 12.0. The molecule has 0 N–H and O–H groups in total. The quantitative estimate of drug-likeness (QED) is 0.525. The molecule has 1 atom stereocenters. The van der Waals surface area contributed by atoms with Crippen LogP contribution in [0.4, 0.5) is 4.39 Å². The van der Waals surface area contributed by atoms with Gasteiger partial charge >= 0.3 is 0 Å². The number of hydrogen-bond donors (Lipinski definition) is 0. The van der Waals surface area contributed by atoms with Gasteiger partial charge in [0.2, 0.25) is 0 Å². The molecule has 0 bridgehead atoms. The number of alkyl halides is 1. The minimum atomic E-state index is -0.209. The van der Waals surface area contributed by atoms with Crippen LogP contribution in [0.2, 0.25) is 0 Å². The molecule has 0 radical (unpaired) electrons. The number of hydrogen-bond acceptors (Lipinski definition) is 1. The van der Waals surface area contributed by atoms with Crippen LogP contribution in [0.25, 0.3) is 11.1 Å². The standard InChI is InChI=1S/C22H26ClFO/c1-4-25-16-8-10-21(24)19(13-16)17-9-7-15(14-23)12-18(17)20-6-5-11-22(20,2)3/h7-10,12-13,20H,4-6,11,14H2,1-3H3/t20-/m1/s1. The van der Waals surface area contributed by atoms with E-state index in [-0.39, 0.29) is 11.2 Å². The lowest BCUT2D eigenvalue weighted by atomic mass is 9.75. The number of benzene rings is 2. The molecule has 1 aliphatic carbocycles. The van der Waals surface area contributed by atoms with Crippen molar-refractivity contribution in [1.82, 2.24) is 0 Å². The van der Waals surface area contributed by atoms with Gasteiger partial charge in [0.25, 0.3) is 0 Å². The molecule has 0 heterocycles. The molecule has 1 fully saturated rings. The summed E-state index contributed by atoms with van der Waals surface area (Å²) >= 11 is 6.08. The predicted octanol–water partition coefficient (Wildman–Crippen LogP) is 6.92. The van der Waals surface area contributed by atoms with Gasteiger partial charge in [0.05, 0.1) is 6.61 Å². The lowest BCUT2D eigenvalue weighted by Crippen LogP contribution is -2.16. The molecule has 1 saturated carbocycles. The third kappa shape index (κ3) is 3.69. The van der Waals surface area contributed by atoms with Crippen LogP contribution in [0.3, 0.4) is 0 Å². The summed E-state index contributed by atoms with van der Waals surface area (Å²) in [6.45, 7) is 7.13. The van der Waals surface area contributed by atoms with E-state index in [1.165, 1.54) is 24.5 Å². The predicted molar refractivity (Wildman–Crippen MR) is 103 cm³/mol. The van der Waals surface area contributed by atoms with Crippen LogP contribution in [-0.4, -0.2) is 6.61 Å². The van der Waals surface area contributed by atoms with Gasteiger partial charge in [-0.05, 0) is 66.0 Å². The van der Waals surface area contributed by atoms with Crippen LogP contribution in [-0.2, 0) is 5.88 Å². The zero-order chi connectivity index (χ0) is 18.0. The highest BCUT2D eigenvalue weighted by molar-refractivity contribution is 6.17. The Hall–Kier alpha value is -1.54. The second kappa shape index (κ2) is 7.37. The highest BCUT2D eigenvalue weighted by Gasteiger charge is 2.37. The molecule has 3 heteroatoms. The SMILES string of the molecule is CCOc1ccc(F)c(-c2ccc(CCl)cc2[C@H]2CCCC2(C)C)c1. The Morgan fingerprint density at radius 1 is 1.16 bits per heavy atom. The van der Waals surface area contributed by atoms with Gasteiger partial charge in [-0.25, -0.2) is 4.39 Å². The van der Waals surface area contributed by atoms with Crippen molar-refractivity contribution in [2.45, 2.75) is 51.8 Å². The van der Waals surface area contributed by atoms with E-state index in [0.29, 0.717) is 29.7 Å². The zero-order valence-electron chi connectivity index (χ0n) is 15.2. The lowest BCUT2D eigenvalue weighted by molar-refractivity contribution is 0.332. The normalized spacial score (nSPS) is 19.2. The number of rotatable bonds is 5. The van der Waals surface area contributed by atoms with Crippen LogP contribution in [0.15, 0.2) is 36.4 Å². The zero-order valence-corrected chi connectivity index (χ0v) is 16.0. The van der Waals surface area contributed by atoms with Gasteiger partial charge in [0, 0.05) is 11.4 Å². The molecule has 0 unspecified atom stereocenters. The number of halogens is 2. The first-order valence-electron chi connectivity index (χ1n) is 9.07. The summed E-state index contributed by atoms with van der Waals surface area (Å²) in [5.41, 5.74) is 4.10. The second-order valence-electron chi connectivity index (χ2n) is 7.56. The van der Waals surface area contributed by atoms with Crippen LogP contribution < -0.4 is 4.74 Å². The summed E-state index contributed by atoms with van der Waals surface area (Å²) in [7, 11) is 0. The molecular weight excluding hydrogens is 335 g/mol. The fourth-order valence-corrected chi connectivity index (χ4v) is 4.27. The second-order valence-corrected chi connectivity index (χ2v) is 7.83. The first-order valence-corrected chi connectivity index (χ1v) is 9.61. The van der Waals surface area contributed by atoms with E-state index in [9.17, 15) is 4.39 Å². The van der Waals surface area contributed by atoms with Crippen LogP contribution in [0, 0.1) is 11.2 Å². The van der Waals surface area contributed by atoms with Crippen LogP contribution in [0.5, 0.6) is 5.75 Å². The fourth-order valence-electron chi connectivity index (χ4n) is 4.10. The van der Waals surface area contributed by atoms with Crippen molar-refractivity contribution in [3.63, 3.8) is 0 Å². The molecule has 1 nitrogen and oxygen atoms in total. The van der Waals surface area contributed by atoms with Gasteiger partial charge in [0.15, 0.2) is 0 Å². The van der Waals surface area contributed by atoms with E-state index in [4.69, 9.17) is 16.3 Å². The summed E-state index contributed by atoms with van der Waals surface area (Å²) in [6.07, 6.45) is 3.55. The number of ether oxygens (including phenoxy) is 1. The summed E-state index contributed by atoms with van der Waals surface area (Å²) < 4.78 is 20.2. The Kier molecular flexibility index (Phi) is 5.38. The van der Waals surface area contributed by atoms with E-state index in [0.717, 1.165) is 17.5 Å². The van der Waals surface area contributed by atoms with Gasteiger partial charge < -0.3 is 4.74 Å². The third-order valence-electron chi connectivity index (χ3n) is 5.44. The molecule has 2 aromatic rings. The van der Waals surface area contributed by atoms with Crippen molar-refractivity contribution in [3.05, 3.63) is 53.3 Å². The van der Waals surface area contributed by atoms with Gasteiger partial charge in [-0.3, -0.25) is 0 Å². The highest BCUT2D eigenvalue weighted by Crippen LogP contribution is 2.51. The maximum atomic E-state index is 14.7. The molecule has 3 rings (SSSR count). The minimum Gasteiger partial charge on any atom is -0.494 e. The lowest BCUT2D eigenvalue weighted by Gasteiger charge is -2.30. The monoisotopic (exact) mass is 360 g/mol. The Morgan fingerprint density at radius 2 is 1.96 bits per heavy atom. The van der Waals surface area contributed by atoms with Crippen molar-refractivity contribution in [3.8, 4) is 16.9 Å². The van der Waals surface area contributed by atoms with E-state index >= 15 is 0 Å². The molecule has 25 heavy (non-hydrogen) atoms. The largest absolute Gasteiger partial charge is 0.494 e. The molecule has 2 aromatic carbocycles. The van der Waals surface area contributed by atoms with Crippen molar-refractivity contribution < 1.29 is 9.13 Å². The Labute approximate surface area is 155 Å². The maximum absolute atomic E-state index is 14.7. The highest BCUT2D eigenvalue weighted by atomic mass is 35.5. The van der Waals surface area contributed by atoms with E-state index < -0.39 is 0 Å². The summed E-state index contributed by atoms with van der Waals surface area (Å²) in [6, 6.07) is 11.2. The third-order valence-corrected chi connectivity index (χ3v) is 5.75. The van der Waals surface area contributed by atoms with Crippen molar-refractivity contribution in [2.75, 3.05) is 6.61 Å². The molecular formula is C22H26ClFO. The molecule has 0 spiro atoms. The van der Waals surface area contributed by atoms with Crippen LogP contribution >= 0.6 is 11.6 Å². The molecule has 0 aliphatic heterocycles. The van der Waals surface area contributed by atoms with Gasteiger partial charge in [0.1, 0.15) is 11.6 Å². The van der Waals surface area contributed by atoms with Gasteiger partial charge in [-0.15, -0.1) is 11.6 Å².